The third-order valence-electron chi connectivity index (χ3n) is 10.7. The van der Waals surface area contributed by atoms with Crippen molar-refractivity contribution in [3.05, 3.63) is 120 Å². The number of aliphatic carboxylic acids is 2. The lowest BCUT2D eigenvalue weighted by Gasteiger charge is -2.20. The number of benzene rings is 4. The van der Waals surface area contributed by atoms with Gasteiger partial charge in [-0.05, 0) is 104 Å². The molecule has 0 bridgehead atoms. The van der Waals surface area contributed by atoms with E-state index in [1.54, 1.807) is 43.4 Å². The first-order valence-corrected chi connectivity index (χ1v) is 21.3. The highest BCUT2D eigenvalue weighted by molar-refractivity contribution is 5.98. The summed E-state index contributed by atoms with van der Waals surface area (Å²) < 4.78 is 63.3. The molecular formula is C49H51F3N2O13. The number of ketones is 1. The van der Waals surface area contributed by atoms with Gasteiger partial charge in [-0.15, -0.1) is 0 Å². The zero-order valence-electron chi connectivity index (χ0n) is 36.7. The van der Waals surface area contributed by atoms with Gasteiger partial charge in [0.05, 0.1) is 30.6 Å². The van der Waals surface area contributed by atoms with E-state index in [0.717, 1.165) is 12.4 Å². The largest absolute Gasteiger partial charge is 0.494 e. The van der Waals surface area contributed by atoms with Gasteiger partial charge in [-0.1, -0.05) is 36.4 Å². The first-order valence-electron chi connectivity index (χ1n) is 21.3. The molecule has 2 fully saturated rings. The molecule has 356 valence electrons. The molecule has 1 heterocycles. The molecule has 4 aromatic rings. The van der Waals surface area contributed by atoms with Gasteiger partial charge in [0.2, 0.25) is 5.91 Å². The number of ether oxygens (including phenoxy) is 5. The van der Waals surface area contributed by atoms with Gasteiger partial charge < -0.3 is 44.5 Å². The van der Waals surface area contributed by atoms with E-state index in [4.69, 9.17) is 23.7 Å². The molecule has 1 aliphatic carbocycles. The second kappa shape index (κ2) is 24.4. The summed E-state index contributed by atoms with van der Waals surface area (Å²) in [7, 11) is 1.61. The van der Waals surface area contributed by atoms with Crippen molar-refractivity contribution in [3.63, 3.8) is 0 Å². The lowest BCUT2D eigenvalue weighted by atomic mass is 9.83. The summed E-state index contributed by atoms with van der Waals surface area (Å²) in [5.41, 5.74) is 2.17. The summed E-state index contributed by atoms with van der Waals surface area (Å²) in [4.78, 5) is 74.1. The van der Waals surface area contributed by atoms with Gasteiger partial charge in [0.1, 0.15) is 42.3 Å². The minimum atomic E-state index is -4.19. The van der Waals surface area contributed by atoms with E-state index in [9.17, 15) is 52.2 Å². The van der Waals surface area contributed by atoms with Gasteiger partial charge in [0, 0.05) is 48.8 Å². The average molecular weight is 933 g/mol. The lowest BCUT2D eigenvalue weighted by molar-refractivity contribution is -0.149. The first-order chi connectivity index (χ1) is 32.0. The smallest absolute Gasteiger partial charge is 0.389 e. The number of hydrogen-bond acceptors (Lipinski definition) is 12. The molecule has 0 radical (unpaired) electrons. The first kappa shape index (κ1) is 50.8. The summed E-state index contributed by atoms with van der Waals surface area (Å²) >= 11 is 0. The van der Waals surface area contributed by atoms with Crippen molar-refractivity contribution in [2.24, 2.45) is 23.7 Å². The normalized spacial score (nSPS) is 18.4. The zero-order chi connectivity index (χ0) is 48.5. The fourth-order valence-corrected chi connectivity index (χ4v) is 7.37. The molecule has 0 spiro atoms. The van der Waals surface area contributed by atoms with E-state index in [1.165, 1.54) is 49.4 Å². The number of hydrogen-bond donors (Lipinski definition) is 4. The number of para-hydroxylation sites is 1. The molecule has 6 rings (SSSR count). The molecule has 1 amide bonds. The molecular weight excluding hydrogens is 882 g/mol. The minimum Gasteiger partial charge on any atom is -0.494 e. The van der Waals surface area contributed by atoms with E-state index >= 15 is 0 Å². The standard InChI is InChI=1S/C40H41F3N2O11.C9H10O2/c1-23(46)35-27(20-33(47)48)19-31(36(35)38(51)52)37(50)45-28-11-10-26(32(21-28)44-2)22-55-34(49)16-7-24-5-8-25(9-6-24)39(53)56-30-14-12-29(13-15-30)54-18-4-3-17-40(41,42)43;1-2-4-8(5-3-1)10-6-9-7-11-9/h5-16,21,27,31,35-36,44H,3-4,17-20,22H2,1-2H3,(H,45,50)(H,47,48)(H,51,52);1-5,9H,6-7H2/b16-7+;. The SMILES string of the molecule is CNc1cc(NC(=O)C2CC(CC(=O)O)C(C(C)=O)C2C(=O)O)ccc1COC(=O)/C=C/c1ccc(C(=O)Oc2ccc(OCCCCC(F)(F)F)cc2)cc1.c1ccc(OCC2CO2)cc1. The quantitative estimate of drug-likeness (QED) is 0.0204. The third kappa shape index (κ3) is 16.6. The van der Waals surface area contributed by atoms with Crippen LogP contribution in [0.3, 0.4) is 0 Å². The Morgan fingerprint density at radius 1 is 0.836 bits per heavy atom. The van der Waals surface area contributed by atoms with Crippen LogP contribution < -0.4 is 24.8 Å². The maximum atomic E-state index is 13.2. The molecule has 4 aromatic carbocycles. The van der Waals surface area contributed by atoms with Crippen LogP contribution >= 0.6 is 0 Å². The van der Waals surface area contributed by atoms with E-state index in [1.807, 2.05) is 30.3 Å². The number of rotatable bonds is 21. The summed E-state index contributed by atoms with van der Waals surface area (Å²) in [6, 6.07) is 26.8. The van der Waals surface area contributed by atoms with E-state index in [-0.39, 0.29) is 43.8 Å². The molecule has 1 saturated carbocycles. The number of carbonyl (C=O) groups excluding carboxylic acids is 4. The topological polar surface area (TPSA) is 216 Å². The van der Waals surface area contributed by atoms with Gasteiger partial charge >= 0.3 is 30.1 Å². The number of carboxylic acids is 2. The maximum absolute atomic E-state index is 13.2. The van der Waals surface area contributed by atoms with Gasteiger partial charge in [-0.2, -0.15) is 13.2 Å². The van der Waals surface area contributed by atoms with Gasteiger partial charge in [-0.3, -0.25) is 19.2 Å². The molecule has 1 aliphatic heterocycles. The van der Waals surface area contributed by atoms with Crippen molar-refractivity contribution in [1.82, 2.24) is 0 Å². The summed E-state index contributed by atoms with van der Waals surface area (Å²) in [6.07, 6.45) is -2.33. The van der Waals surface area contributed by atoms with Crippen LogP contribution in [0.2, 0.25) is 0 Å². The molecule has 18 heteroatoms. The Morgan fingerprint density at radius 2 is 1.51 bits per heavy atom. The second-order valence-corrected chi connectivity index (χ2v) is 15.7. The van der Waals surface area contributed by atoms with Crippen LogP contribution in [-0.4, -0.2) is 84.9 Å². The number of Topliss-reactive ketones (excluding diaryl/α,β-unsaturated/α-hetero) is 1. The molecule has 15 nitrogen and oxygen atoms in total. The summed E-state index contributed by atoms with van der Waals surface area (Å²) in [5.74, 6) is -7.82. The van der Waals surface area contributed by atoms with Crippen LogP contribution in [0.4, 0.5) is 24.5 Å². The number of carbonyl (C=O) groups is 6. The number of epoxide rings is 1. The Labute approximate surface area is 384 Å². The summed E-state index contributed by atoms with van der Waals surface area (Å²) in [6.45, 7) is 2.71. The maximum Gasteiger partial charge on any atom is 0.389 e. The average Bonchev–Trinajstić information content (AvgIpc) is 4.05. The molecule has 5 unspecified atom stereocenters. The minimum absolute atomic E-state index is 0.0343. The number of carboxylic acid groups (broad SMARTS) is 2. The fourth-order valence-electron chi connectivity index (χ4n) is 7.37. The summed E-state index contributed by atoms with van der Waals surface area (Å²) in [5, 5.41) is 24.7. The Morgan fingerprint density at radius 3 is 2.12 bits per heavy atom. The fraction of sp³-hybridized carbons (Fsp3) is 0.347. The predicted molar refractivity (Wildman–Crippen MR) is 238 cm³/mol. The number of nitrogens with one attached hydrogen (secondary N) is 2. The van der Waals surface area contributed by atoms with Gasteiger partial charge in [0.25, 0.3) is 0 Å². The van der Waals surface area contributed by atoms with Crippen LogP contribution in [0.5, 0.6) is 17.2 Å². The zero-order valence-corrected chi connectivity index (χ0v) is 36.7. The molecule has 67 heavy (non-hydrogen) atoms. The van der Waals surface area contributed by atoms with Crippen molar-refractivity contribution in [2.75, 3.05) is 37.5 Å². The van der Waals surface area contributed by atoms with Crippen molar-refractivity contribution in [2.45, 2.75) is 57.9 Å². The highest BCUT2D eigenvalue weighted by Gasteiger charge is 2.52. The molecule has 0 aromatic heterocycles. The Balaban J connectivity index is 0.000000660. The van der Waals surface area contributed by atoms with Crippen molar-refractivity contribution in [3.8, 4) is 17.2 Å². The highest BCUT2D eigenvalue weighted by Crippen LogP contribution is 2.45. The Kier molecular flexibility index (Phi) is 18.5. The Bertz CT molecular complexity index is 2350. The number of unbranched alkanes of at least 4 members (excludes halogenated alkanes) is 1. The van der Waals surface area contributed by atoms with Crippen molar-refractivity contribution < 1.29 is 75.8 Å². The highest BCUT2D eigenvalue weighted by atomic mass is 19.4. The lowest BCUT2D eigenvalue weighted by Crippen LogP contribution is -2.35. The van der Waals surface area contributed by atoms with E-state index in [2.05, 4.69) is 10.6 Å². The van der Waals surface area contributed by atoms with Crippen molar-refractivity contribution in [1.29, 1.82) is 0 Å². The number of anilines is 2. The number of esters is 2. The van der Waals surface area contributed by atoms with Gasteiger partial charge in [-0.25, -0.2) is 9.59 Å². The number of amides is 1. The van der Waals surface area contributed by atoms with Crippen LogP contribution in [0.15, 0.2) is 103 Å². The molecule has 4 N–H and O–H groups in total. The van der Waals surface area contributed by atoms with Crippen molar-refractivity contribution >= 4 is 53.0 Å². The second-order valence-electron chi connectivity index (χ2n) is 15.7. The van der Waals surface area contributed by atoms with Crippen LogP contribution in [-0.2, 0) is 40.1 Å². The monoisotopic (exact) mass is 932 g/mol. The van der Waals surface area contributed by atoms with Crippen LogP contribution in [0.1, 0.15) is 60.5 Å². The van der Waals surface area contributed by atoms with E-state index in [0.29, 0.717) is 41.0 Å². The molecule has 5 atom stereocenters. The number of halogens is 3. The third-order valence-corrected chi connectivity index (χ3v) is 10.7. The molecule has 1 saturated heterocycles. The number of alkyl halides is 3. The predicted octanol–water partition coefficient (Wildman–Crippen LogP) is 8.24. The van der Waals surface area contributed by atoms with E-state index < -0.39 is 78.3 Å². The van der Waals surface area contributed by atoms with Gasteiger partial charge in [0.15, 0.2) is 0 Å². The van der Waals surface area contributed by atoms with Crippen LogP contribution in [0.25, 0.3) is 6.08 Å². The van der Waals surface area contributed by atoms with Crippen LogP contribution in [0, 0.1) is 23.7 Å². The Hall–Kier alpha value is -7.21. The molecule has 2 aliphatic rings.